The summed E-state index contributed by atoms with van der Waals surface area (Å²) in [5.74, 6) is -1.64. The third-order valence-corrected chi connectivity index (χ3v) is 8.15. The van der Waals surface area contributed by atoms with Crippen molar-refractivity contribution in [3.8, 4) is 0 Å². The van der Waals surface area contributed by atoms with E-state index in [1.54, 1.807) is 0 Å². The lowest BCUT2D eigenvalue weighted by molar-refractivity contribution is 0.0582. The summed E-state index contributed by atoms with van der Waals surface area (Å²) in [4.78, 5) is 28.9. The molecule has 0 spiro atoms. The smallest absolute Gasteiger partial charge is 0.358 e. The van der Waals surface area contributed by atoms with Crippen LogP contribution in [0, 0.1) is 0 Å². The van der Waals surface area contributed by atoms with Gasteiger partial charge in [0.25, 0.3) is 18.1 Å². The Morgan fingerprint density at radius 1 is 0.846 bits per heavy atom. The average Bonchev–Trinajstić information content (AvgIpc) is 3.21. The predicted molar refractivity (Wildman–Crippen MR) is 93.0 cm³/mol. The van der Waals surface area contributed by atoms with Crippen molar-refractivity contribution in [2.24, 2.45) is 0 Å². The molecule has 2 heterocycles. The van der Waals surface area contributed by atoms with Crippen LogP contribution in [0.25, 0.3) is 0 Å². The molecular weight excluding hydrogens is 475 g/mol. The molecule has 0 unspecified atom stereocenters. The number of nitrogens with zero attached hydrogens (tertiary/aromatic N) is 2. The van der Waals surface area contributed by atoms with E-state index >= 15 is 0 Å². The van der Waals surface area contributed by atoms with E-state index < -0.39 is 30.0 Å². The zero-order chi connectivity index (χ0) is 20.1. The van der Waals surface area contributed by atoms with Gasteiger partial charge in [-0.25, -0.2) is 36.4 Å². The Kier molecular flexibility index (Phi) is 7.91. The minimum absolute atomic E-state index is 0.275. The lowest BCUT2D eigenvalue weighted by Gasteiger charge is -1.95. The van der Waals surface area contributed by atoms with Crippen molar-refractivity contribution in [1.29, 1.82) is 0 Å². The lowest BCUT2D eigenvalue weighted by atomic mass is 10.5. The van der Waals surface area contributed by atoms with E-state index in [4.69, 9.17) is 21.4 Å². The molecule has 0 radical (unpaired) electrons. The maximum atomic E-state index is 10.9. The quantitative estimate of drug-likeness (QED) is 0.465. The summed E-state index contributed by atoms with van der Waals surface area (Å²) < 4.78 is 51.5. The molecule has 144 valence electrons. The molecule has 0 aliphatic heterocycles. The van der Waals surface area contributed by atoms with Crippen molar-refractivity contribution in [2.45, 2.75) is 8.42 Å². The Hall–Kier alpha value is -1.32. The van der Waals surface area contributed by atoms with Crippen molar-refractivity contribution < 1.29 is 35.9 Å². The molecule has 2 aromatic heterocycles. The van der Waals surface area contributed by atoms with Gasteiger partial charge >= 0.3 is 11.9 Å². The van der Waals surface area contributed by atoms with Crippen molar-refractivity contribution in [3.63, 3.8) is 0 Å². The number of thiazole rings is 2. The van der Waals surface area contributed by atoms with Crippen LogP contribution in [0.1, 0.15) is 21.0 Å². The Balaban J connectivity index is 0.000000260. The SMILES string of the molecule is COC(=O)c1ncsc1S(=O)(=O)Cl.COC(=O)c1ncsc1S(=O)(=O)Cl. The molecule has 0 aromatic carbocycles. The van der Waals surface area contributed by atoms with Crippen LogP contribution < -0.4 is 0 Å². The van der Waals surface area contributed by atoms with Gasteiger partial charge in [0.1, 0.15) is 0 Å². The van der Waals surface area contributed by atoms with E-state index in [9.17, 15) is 26.4 Å². The number of aromatic nitrogens is 2. The van der Waals surface area contributed by atoms with Crippen molar-refractivity contribution in [3.05, 3.63) is 22.4 Å². The van der Waals surface area contributed by atoms with Gasteiger partial charge in [0, 0.05) is 21.4 Å². The second-order valence-electron chi connectivity index (χ2n) is 3.84. The molecule has 0 aliphatic carbocycles. The van der Waals surface area contributed by atoms with Gasteiger partial charge in [0.2, 0.25) is 0 Å². The normalized spacial score (nSPS) is 11.2. The number of hydrogen-bond donors (Lipinski definition) is 0. The van der Waals surface area contributed by atoms with Crippen molar-refractivity contribution in [2.75, 3.05) is 14.2 Å². The van der Waals surface area contributed by atoms with E-state index in [1.165, 1.54) is 11.0 Å². The van der Waals surface area contributed by atoms with Crippen LogP contribution >= 0.6 is 44.0 Å². The molecular formula is C10H8Cl2N2O8S4. The van der Waals surface area contributed by atoms with Crippen LogP contribution in [0.4, 0.5) is 0 Å². The van der Waals surface area contributed by atoms with Gasteiger partial charge in [-0.3, -0.25) is 0 Å². The first-order chi connectivity index (χ1) is 11.9. The second kappa shape index (κ2) is 9.05. The van der Waals surface area contributed by atoms with E-state index in [-0.39, 0.29) is 19.8 Å². The van der Waals surface area contributed by atoms with Gasteiger partial charge in [0.15, 0.2) is 19.8 Å². The lowest BCUT2D eigenvalue weighted by Crippen LogP contribution is -2.05. The molecule has 0 amide bonds. The van der Waals surface area contributed by atoms with Gasteiger partial charge in [-0.15, -0.1) is 22.7 Å². The number of halogens is 2. The molecule has 0 atom stereocenters. The van der Waals surface area contributed by atoms with Crippen LogP contribution in [0.3, 0.4) is 0 Å². The first-order valence-electron chi connectivity index (χ1n) is 5.86. The highest BCUT2D eigenvalue weighted by Gasteiger charge is 2.25. The maximum Gasteiger partial charge on any atom is 0.358 e. The fourth-order valence-corrected chi connectivity index (χ4v) is 5.29. The van der Waals surface area contributed by atoms with E-state index in [0.29, 0.717) is 0 Å². The summed E-state index contributed by atoms with van der Waals surface area (Å²) in [7, 11) is 4.51. The first kappa shape index (κ1) is 22.7. The largest absolute Gasteiger partial charge is 0.464 e. The third kappa shape index (κ3) is 5.85. The van der Waals surface area contributed by atoms with Crippen LogP contribution in [0.2, 0.25) is 0 Å². The van der Waals surface area contributed by atoms with Gasteiger partial charge < -0.3 is 9.47 Å². The summed E-state index contributed by atoms with van der Waals surface area (Å²) in [6.07, 6.45) is 0. The van der Waals surface area contributed by atoms with Crippen LogP contribution in [0.15, 0.2) is 19.4 Å². The molecule has 0 bridgehead atoms. The fourth-order valence-electron chi connectivity index (χ4n) is 1.28. The van der Waals surface area contributed by atoms with Gasteiger partial charge in [-0.1, -0.05) is 0 Å². The Labute approximate surface area is 164 Å². The van der Waals surface area contributed by atoms with Crippen LogP contribution in [0.5, 0.6) is 0 Å². The summed E-state index contributed by atoms with van der Waals surface area (Å²) in [6, 6.07) is 0. The van der Waals surface area contributed by atoms with Crippen molar-refractivity contribution in [1.82, 2.24) is 9.97 Å². The van der Waals surface area contributed by atoms with Crippen LogP contribution in [-0.2, 0) is 27.6 Å². The summed E-state index contributed by atoms with van der Waals surface area (Å²) >= 11 is 1.54. The number of carbonyl (C=O) groups is 2. The standard InChI is InChI=1S/2C5H4ClNO4S2/c2*1-11-4(8)3-5(12-2-7-3)13(6,9)10/h2*2H,1H3. The Bertz CT molecular complexity index is 929. The summed E-state index contributed by atoms with van der Waals surface area (Å²) in [6.45, 7) is 0. The Morgan fingerprint density at radius 2 is 1.15 bits per heavy atom. The fraction of sp³-hybridized carbons (Fsp3) is 0.200. The highest BCUT2D eigenvalue weighted by Crippen LogP contribution is 2.24. The zero-order valence-electron chi connectivity index (χ0n) is 12.7. The topological polar surface area (TPSA) is 147 Å². The zero-order valence-corrected chi connectivity index (χ0v) is 17.5. The number of rotatable bonds is 4. The molecule has 26 heavy (non-hydrogen) atoms. The number of ether oxygens (including phenoxy) is 2. The van der Waals surface area contributed by atoms with E-state index in [1.807, 2.05) is 0 Å². The van der Waals surface area contributed by atoms with E-state index in [2.05, 4.69) is 19.4 Å². The maximum absolute atomic E-state index is 10.9. The molecule has 16 heteroatoms. The molecule has 10 nitrogen and oxygen atoms in total. The Morgan fingerprint density at radius 3 is 1.38 bits per heavy atom. The molecule has 0 aliphatic rings. The molecule has 0 fully saturated rings. The number of methoxy groups -OCH3 is 2. The summed E-state index contributed by atoms with van der Waals surface area (Å²) in [5.41, 5.74) is 1.87. The number of carbonyl (C=O) groups excluding carboxylic acids is 2. The molecule has 0 saturated heterocycles. The molecule has 2 rings (SSSR count). The van der Waals surface area contributed by atoms with Gasteiger partial charge in [-0.2, -0.15) is 0 Å². The summed E-state index contributed by atoms with van der Waals surface area (Å²) in [5, 5.41) is 0. The van der Waals surface area contributed by atoms with Crippen LogP contribution in [-0.4, -0.2) is 53.0 Å². The molecule has 0 saturated carbocycles. The second-order valence-corrected chi connectivity index (χ2v) is 11.1. The molecule has 2 aromatic rings. The van der Waals surface area contributed by atoms with Gasteiger partial charge in [0.05, 0.1) is 25.2 Å². The minimum atomic E-state index is -3.92. The van der Waals surface area contributed by atoms with Gasteiger partial charge in [-0.05, 0) is 0 Å². The average molecular weight is 483 g/mol. The number of hydrogen-bond acceptors (Lipinski definition) is 12. The first-order valence-corrected chi connectivity index (χ1v) is 12.2. The highest BCUT2D eigenvalue weighted by atomic mass is 35.7. The third-order valence-electron chi connectivity index (χ3n) is 2.27. The van der Waals surface area contributed by atoms with Crippen molar-refractivity contribution >= 4 is 74.1 Å². The van der Waals surface area contributed by atoms with E-state index in [0.717, 1.165) is 36.9 Å². The molecule has 0 N–H and O–H groups in total. The highest BCUT2D eigenvalue weighted by molar-refractivity contribution is 8.15. The number of esters is 2. The minimum Gasteiger partial charge on any atom is -0.464 e. The predicted octanol–water partition coefficient (Wildman–Crippen LogP) is 1.71. The monoisotopic (exact) mass is 482 g/mol.